The Bertz CT molecular complexity index is 910. The maximum Gasteiger partial charge on any atom is 0.350 e. The Kier molecular flexibility index (Phi) is 6.79. The van der Waals surface area contributed by atoms with Crippen molar-refractivity contribution in [3.63, 3.8) is 0 Å². The molecule has 134 valence electrons. The number of pyridine rings is 1. The van der Waals surface area contributed by atoms with E-state index >= 15 is 0 Å². The Labute approximate surface area is 151 Å². The standard InChI is InChI=1S/C20H20N2O4/c1-15(20(25)26)21-19(24)17-10-7-9-16(14-17)8-3-2-5-12-22-13-6-4-11-18(22)23/h3-4,6-11,13-14H,2,5,12H2,1H3,(H,25,26)/b8-3-,21-15?. The van der Waals surface area contributed by atoms with Gasteiger partial charge in [-0.1, -0.05) is 30.4 Å². The normalized spacial score (nSPS) is 11.7. The molecule has 0 spiro atoms. The summed E-state index contributed by atoms with van der Waals surface area (Å²) < 4.78 is 1.66. The van der Waals surface area contributed by atoms with Crippen LogP contribution in [0.2, 0.25) is 0 Å². The zero-order valence-corrected chi connectivity index (χ0v) is 14.5. The number of carbonyl (C=O) groups is 2. The molecule has 6 nitrogen and oxygen atoms in total. The van der Waals surface area contributed by atoms with Crippen LogP contribution in [0.1, 0.15) is 35.7 Å². The van der Waals surface area contributed by atoms with Crippen LogP contribution in [-0.2, 0) is 11.3 Å². The van der Waals surface area contributed by atoms with E-state index < -0.39 is 11.9 Å². The molecule has 0 atom stereocenters. The Hall–Kier alpha value is -3.28. The van der Waals surface area contributed by atoms with Gasteiger partial charge in [-0.3, -0.25) is 9.59 Å². The van der Waals surface area contributed by atoms with E-state index in [1.165, 1.54) is 13.0 Å². The maximum absolute atomic E-state index is 12.0. The third-order valence-corrected chi connectivity index (χ3v) is 3.69. The number of hydrogen-bond acceptors (Lipinski definition) is 3. The lowest BCUT2D eigenvalue weighted by Crippen LogP contribution is -2.17. The zero-order chi connectivity index (χ0) is 18.9. The Morgan fingerprint density at radius 3 is 2.73 bits per heavy atom. The van der Waals surface area contributed by atoms with Gasteiger partial charge in [-0.2, -0.15) is 0 Å². The number of benzene rings is 1. The topological polar surface area (TPSA) is 88.7 Å². The lowest BCUT2D eigenvalue weighted by Gasteiger charge is -2.02. The molecule has 2 rings (SSSR count). The number of allylic oxidation sites excluding steroid dienone is 1. The number of aromatic nitrogens is 1. The van der Waals surface area contributed by atoms with E-state index in [2.05, 4.69) is 4.99 Å². The molecule has 0 aliphatic carbocycles. The molecule has 0 fully saturated rings. The SMILES string of the molecule is CC(=NC(=O)c1cccc(/C=C\CCCn2ccccc2=O)c1)C(=O)O. The monoisotopic (exact) mass is 352 g/mol. The van der Waals surface area contributed by atoms with Gasteiger partial charge in [0.05, 0.1) is 0 Å². The van der Waals surface area contributed by atoms with Crippen LogP contribution in [0.3, 0.4) is 0 Å². The predicted octanol–water partition coefficient (Wildman–Crippen LogP) is 3.03. The molecule has 1 amide bonds. The highest BCUT2D eigenvalue weighted by molar-refractivity contribution is 6.36. The molecule has 1 aromatic heterocycles. The number of unbranched alkanes of at least 4 members (excludes halogenated alkanes) is 1. The average molecular weight is 352 g/mol. The van der Waals surface area contributed by atoms with Gasteiger partial charge >= 0.3 is 5.97 Å². The van der Waals surface area contributed by atoms with E-state index in [0.29, 0.717) is 12.1 Å². The van der Waals surface area contributed by atoms with Crippen molar-refractivity contribution < 1.29 is 14.7 Å². The van der Waals surface area contributed by atoms with Crippen molar-refractivity contribution in [1.29, 1.82) is 0 Å². The molecular formula is C20H20N2O4. The fraction of sp³-hybridized carbons (Fsp3) is 0.200. The molecule has 0 unspecified atom stereocenters. The van der Waals surface area contributed by atoms with E-state index in [9.17, 15) is 14.4 Å². The van der Waals surface area contributed by atoms with Crippen molar-refractivity contribution in [1.82, 2.24) is 4.57 Å². The molecule has 0 aliphatic heterocycles. The van der Waals surface area contributed by atoms with Crippen molar-refractivity contribution in [2.24, 2.45) is 4.99 Å². The maximum atomic E-state index is 12.0. The quantitative estimate of drug-likeness (QED) is 0.613. The van der Waals surface area contributed by atoms with E-state index in [0.717, 1.165) is 18.4 Å². The lowest BCUT2D eigenvalue weighted by molar-refractivity contribution is -0.129. The fourth-order valence-corrected chi connectivity index (χ4v) is 2.28. The van der Waals surface area contributed by atoms with Crippen LogP contribution in [0, 0.1) is 0 Å². The fourth-order valence-electron chi connectivity index (χ4n) is 2.28. The largest absolute Gasteiger partial charge is 0.477 e. The number of carboxylic acids is 1. The van der Waals surface area contributed by atoms with E-state index in [1.807, 2.05) is 24.3 Å². The number of hydrogen-bond donors (Lipinski definition) is 1. The Morgan fingerprint density at radius 1 is 1.19 bits per heavy atom. The molecule has 0 bridgehead atoms. The molecule has 0 aliphatic rings. The second-order valence-electron chi connectivity index (χ2n) is 5.71. The van der Waals surface area contributed by atoms with Gasteiger partial charge in [0, 0.05) is 24.4 Å². The molecule has 2 aromatic rings. The minimum absolute atomic E-state index is 0.0140. The molecule has 0 saturated heterocycles. The molecule has 1 heterocycles. The van der Waals surface area contributed by atoms with Gasteiger partial charge in [-0.25, -0.2) is 9.79 Å². The number of amides is 1. The summed E-state index contributed by atoms with van der Waals surface area (Å²) in [6.07, 6.45) is 7.24. The third-order valence-electron chi connectivity index (χ3n) is 3.69. The van der Waals surface area contributed by atoms with Gasteiger partial charge in [0.25, 0.3) is 5.91 Å². The summed E-state index contributed by atoms with van der Waals surface area (Å²) in [5.74, 6) is -1.80. The predicted molar refractivity (Wildman–Crippen MR) is 100 cm³/mol. The second-order valence-corrected chi connectivity index (χ2v) is 5.71. The van der Waals surface area contributed by atoms with Crippen molar-refractivity contribution in [2.75, 3.05) is 0 Å². The molecule has 0 saturated carbocycles. The lowest BCUT2D eigenvalue weighted by atomic mass is 10.1. The van der Waals surface area contributed by atoms with Crippen LogP contribution in [0.4, 0.5) is 0 Å². The van der Waals surface area contributed by atoms with Crippen molar-refractivity contribution in [3.8, 4) is 0 Å². The van der Waals surface area contributed by atoms with Crippen molar-refractivity contribution in [3.05, 3.63) is 76.2 Å². The first kappa shape index (κ1) is 19.1. The summed E-state index contributed by atoms with van der Waals surface area (Å²) >= 11 is 0. The third kappa shape index (κ3) is 5.66. The summed E-state index contributed by atoms with van der Waals surface area (Å²) in [7, 11) is 0. The number of carboxylic acid groups (broad SMARTS) is 1. The Morgan fingerprint density at radius 2 is 2.00 bits per heavy atom. The average Bonchev–Trinajstić information content (AvgIpc) is 2.63. The van der Waals surface area contributed by atoms with Gasteiger partial charge in [-0.15, -0.1) is 0 Å². The summed E-state index contributed by atoms with van der Waals surface area (Å²) in [4.78, 5) is 37.9. The van der Waals surface area contributed by atoms with Gasteiger partial charge in [0.2, 0.25) is 5.56 Å². The summed E-state index contributed by atoms with van der Waals surface area (Å²) in [5, 5.41) is 8.78. The van der Waals surface area contributed by atoms with Crippen LogP contribution >= 0.6 is 0 Å². The van der Waals surface area contributed by atoms with Crippen molar-refractivity contribution >= 4 is 23.7 Å². The van der Waals surface area contributed by atoms with Crippen LogP contribution in [-0.4, -0.2) is 27.3 Å². The highest BCUT2D eigenvalue weighted by Crippen LogP contribution is 2.10. The number of nitrogens with zero attached hydrogens (tertiary/aromatic N) is 2. The van der Waals surface area contributed by atoms with Crippen LogP contribution in [0.15, 0.2) is 64.5 Å². The van der Waals surface area contributed by atoms with E-state index in [-0.39, 0.29) is 11.3 Å². The van der Waals surface area contributed by atoms with E-state index in [1.54, 1.807) is 35.0 Å². The number of carbonyl (C=O) groups excluding carboxylic acids is 1. The minimum Gasteiger partial charge on any atom is -0.477 e. The number of aryl methyl sites for hydroxylation is 1. The second kappa shape index (κ2) is 9.27. The van der Waals surface area contributed by atoms with Crippen molar-refractivity contribution in [2.45, 2.75) is 26.3 Å². The smallest absolute Gasteiger partial charge is 0.350 e. The molecule has 26 heavy (non-hydrogen) atoms. The van der Waals surface area contributed by atoms with Crippen LogP contribution in [0.25, 0.3) is 6.08 Å². The first-order valence-corrected chi connectivity index (χ1v) is 8.22. The first-order chi connectivity index (χ1) is 12.5. The van der Waals surface area contributed by atoms with Gasteiger partial charge in [-0.05, 0) is 43.5 Å². The number of rotatable bonds is 7. The Balaban J connectivity index is 1.93. The highest BCUT2D eigenvalue weighted by atomic mass is 16.4. The number of aliphatic carboxylic acids is 1. The minimum atomic E-state index is -1.22. The molecule has 1 N–H and O–H groups in total. The first-order valence-electron chi connectivity index (χ1n) is 8.22. The van der Waals surface area contributed by atoms with Gasteiger partial charge in [0.1, 0.15) is 5.71 Å². The molecular weight excluding hydrogens is 332 g/mol. The van der Waals surface area contributed by atoms with Crippen LogP contribution in [0.5, 0.6) is 0 Å². The van der Waals surface area contributed by atoms with E-state index in [4.69, 9.17) is 5.11 Å². The highest BCUT2D eigenvalue weighted by Gasteiger charge is 2.08. The zero-order valence-electron chi connectivity index (χ0n) is 14.5. The summed E-state index contributed by atoms with van der Waals surface area (Å²) in [6, 6.07) is 11.9. The summed E-state index contributed by atoms with van der Waals surface area (Å²) in [6.45, 7) is 1.92. The molecule has 0 radical (unpaired) electrons. The van der Waals surface area contributed by atoms with Gasteiger partial charge < -0.3 is 9.67 Å². The number of aliphatic imine (C=N–C) groups is 1. The van der Waals surface area contributed by atoms with Crippen LogP contribution < -0.4 is 5.56 Å². The van der Waals surface area contributed by atoms with Gasteiger partial charge in [0.15, 0.2) is 0 Å². The summed E-state index contributed by atoms with van der Waals surface area (Å²) in [5.41, 5.74) is 0.909. The molecule has 1 aromatic carbocycles. The molecule has 6 heteroatoms.